The van der Waals surface area contributed by atoms with Crippen molar-refractivity contribution < 1.29 is 9.53 Å². The number of hydrogen-bond donors (Lipinski definition) is 0. The van der Waals surface area contributed by atoms with Crippen LogP contribution >= 0.6 is 11.8 Å². The molecule has 0 atom stereocenters. The summed E-state index contributed by atoms with van der Waals surface area (Å²) in [6.07, 6.45) is 4.58. The second kappa shape index (κ2) is 8.17. The van der Waals surface area contributed by atoms with Crippen LogP contribution in [0.25, 0.3) is 0 Å². The Bertz CT molecular complexity index is 178. The molecule has 0 saturated carbocycles. The molecule has 0 radical (unpaired) electrons. The largest absolute Gasteiger partial charge is 0.384 e. The Morgan fingerprint density at radius 1 is 1.33 bits per heavy atom. The molecular weight excluding hydrogens is 208 g/mol. The first-order valence-electron chi connectivity index (χ1n) is 5.70. The minimum absolute atomic E-state index is 0.173. The number of methoxy groups -OCH3 is 1. The predicted octanol–water partition coefficient (Wildman–Crippen LogP) is 3.50. The van der Waals surface area contributed by atoms with Crippen molar-refractivity contribution in [3.63, 3.8) is 0 Å². The molecule has 0 fully saturated rings. The van der Waals surface area contributed by atoms with E-state index in [2.05, 4.69) is 6.92 Å². The molecule has 0 N–H and O–H groups in total. The third-order valence-electron chi connectivity index (χ3n) is 2.48. The number of rotatable bonds is 8. The summed E-state index contributed by atoms with van der Waals surface area (Å²) in [6.45, 7) is 6.93. The third kappa shape index (κ3) is 6.96. The smallest absolute Gasteiger partial charge is 0.194 e. The first kappa shape index (κ1) is 15.0. The van der Waals surface area contributed by atoms with Crippen molar-refractivity contribution in [2.45, 2.75) is 46.5 Å². The average Bonchev–Trinajstić information content (AvgIpc) is 2.18. The summed E-state index contributed by atoms with van der Waals surface area (Å²) in [7, 11) is 1.66. The fraction of sp³-hybridized carbons (Fsp3) is 0.917. The van der Waals surface area contributed by atoms with Crippen LogP contribution in [0.15, 0.2) is 0 Å². The lowest BCUT2D eigenvalue weighted by Gasteiger charge is -2.22. The van der Waals surface area contributed by atoms with Gasteiger partial charge >= 0.3 is 0 Å². The van der Waals surface area contributed by atoms with Crippen LogP contribution in [0.5, 0.6) is 0 Å². The minimum atomic E-state index is -0.173. The Morgan fingerprint density at radius 3 is 2.53 bits per heavy atom. The van der Waals surface area contributed by atoms with E-state index in [0.717, 1.165) is 18.6 Å². The second-order valence-corrected chi connectivity index (χ2v) is 5.54. The number of ether oxygens (including phenoxy) is 1. The Morgan fingerprint density at radius 2 is 2.00 bits per heavy atom. The van der Waals surface area contributed by atoms with Gasteiger partial charge in [-0.05, 0) is 6.42 Å². The van der Waals surface area contributed by atoms with Crippen LogP contribution in [0.4, 0.5) is 0 Å². The Hall–Kier alpha value is -0.0200. The van der Waals surface area contributed by atoms with Crippen LogP contribution in [0, 0.1) is 5.41 Å². The van der Waals surface area contributed by atoms with Crippen LogP contribution in [0.2, 0.25) is 0 Å². The van der Waals surface area contributed by atoms with Gasteiger partial charge in [0.15, 0.2) is 5.12 Å². The van der Waals surface area contributed by atoms with Gasteiger partial charge in [-0.25, -0.2) is 0 Å². The molecule has 3 heteroatoms. The van der Waals surface area contributed by atoms with E-state index >= 15 is 0 Å². The molecule has 0 aliphatic heterocycles. The van der Waals surface area contributed by atoms with Gasteiger partial charge in [-0.3, -0.25) is 4.79 Å². The standard InChI is InChI=1S/C12H24O2S/c1-5-6-7-8-12(2,3)11(13)15-10-9-14-4/h5-10H2,1-4H3. The molecule has 0 aliphatic rings. The summed E-state index contributed by atoms with van der Waals surface area (Å²) >= 11 is 1.40. The lowest BCUT2D eigenvalue weighted by Crippen LogP contribution is -2.22. The third-order valence-corrected chi connectivity index (χ3v) is 3.66. The van der Waals surface area contributed by atoms with E-state index in [1.807, 2.05) is 13.8 Å². The molecule has 0 amide bonds. The summed E-state index contributed by atoms with van der Waals surface area (Å²) < 4.78 is 4.93. The van der Waals surface area contributed by atoms with Crippen molar-refractivity contribution in [2.24, 2.45) is 5.41 Å². The first-order chi connectivity index (χ1) is 7.04. The molecule has 0 aromatic rings. The van der Waals surface area contributed by atoms with Crippen molar-refractivity contribution in [1.82, 2.24) is 0 Å². The summed E-state index contributed by atoms with van der Waals surface area (Å²) in [5.41, 5.74) is -0.173. The topological polar surface area (TPSA) is 26.3 Å². The van der Waals surface area contributed by atoms with Gasteiger partial charge < -0.3 is 4.74 Å². The number of hydrogen-bond acceptors (Lipinski definition) is 3. The van der Waals surface area contributed by atoms with E-state index in [1.165, 1.54) is 24.6 Å². The maximum absolute atomic E-state index is 11.8. The highest BCUT2D eigenvalue weighted by Gasteiger charge is 2.26. The van der Waals surface area contributed by atoms with E-state index in [0.29, 0.717) is 11.7 Å². The van der Waals surface area contributed by atoms with Crippen molar-refractivity contribution in [3.05, 3.63) is 0 Å². The van der Waals surface area contributed by atoms with Crippen LogP contribution in [0.3, 0.4) is 0 Å². The quantitative estimate of drug-likeness (QED) is 0.599. The fourth-order valence-electron chi connectivity index (χ4n) is 1.33. The molecule has 0 heterocycles. The molecule has 2 nitrogen and oxygen atoms in total. The van der Waals surface area contributed by atoms with E-state index in [-0.39, 0.29) is 5.41 Å². The van der Waals surface area contributed by atoms with Crippen molar-refractivity contribution in [1.29, 1.82) is 0 Å². The highest BCUT2D eigenvalue weighted by Crippen LogP contribution is 2.29. The summed E-state index contributed by atoms with van der Waals surface area (Å²) in [4.78, 5) is 11.8. The fourth-order valence-corrected chi connectivity index (χ4v) is 2.26. The lowest BCUT2D eigenvalue weighted by atomic mass is 9.88. The van der Waals surface area contributed by atoms with E-state index in [9.17, 15) is 4.79 Å². The highest BCUT2D eigenvalue weighted by molar-refractivity contribution is 8.13. The first-order valence-corrected chi connectivity index (χ1v) is 6.69. The molecule has 0 aliphatic carbocycles. The van der Waals surface area contributed by atoms with E-state index < -0.39 is 0 Å². The molecule has 90 valence electrons. The van der Waals surface area contributed by atoms with Crippen molar-refractivity contribution in [2.75, 3.05) is 19.5 Å². The van der Waals surface area contributed by atoms with Gasteiger partial charge in [0, 0.05) is 18.3 Å². The maximum Gasteiger partial charge on any atom is 0.194 e. The Balaban J connectivity index is 3.80. The molecule has 0 bridgehead atoms. The van der Waals surface area contributed by atoms with Crippen molar-refractivity contribution >= 4 is 16.9 Å². The molecule has 0 unspecified atom stereocenters. The van der Waals surface area contributed by atoms with Gasteiger partial charge in [0.1, 0.15) is 0 Å². The second-order valence-electron chi connectivity index (χ2n) is 4.47. The van der Waals surface area contributed by atoms with Gasteiger partial charge in [0.25, 0.3) is 0 Å². The van der Waals surface area contributed by atoms with Gasteiger partial charge in [0.05, 0.1) is 6.61 Å². The van der Waals surface area contributed by atoms with E-state index in [4.69, 9.17) is 4.74 Å². The van der Waals surface area contributed by atoms with Crippen molar-refractivity contribution in [3.8, 4) is 0 Å². The van der Waals surface area contributed by atoms with Crippen LogP contribution < -0.4 is 0 Å². The van der Waals surface area contributed by atoms with Gasteiger partial charge in [0.2, 0.25) is 0 Å². The zero-order chi connectivity index (χ0) is 11.7. The van der Waals surface area contributed by atoms with Crippen LogP contribution in [-0.2, 0) is 9.53 Å². The number of carbonyl (C=O) groups excluding carboxylic acids is 1. The summed E-state index contributed by atoms with van der Waals surface area (Å²) in [6, 6.07) is 0. The molecular formula is C12H24O2S. The summed E-state index contributed by atoms with van der Waals surface area (Å²) in [5.74, 6) is 0.770. The van der Waals surface area contributed by atoms with Crippen LogP contribution in [0.1, 0.15) is 46.5 Å². The van der Waals surface area contributed by atoms with Crippen LogP contribution in [-0.4, -0.2) is 24.6 Å². The average molecular weight is 232 g/mol. The van der Waals surface area contributed by atoms with Gasteiger partial charge in [-0.2, -0.15) is 0 Å². The molecule has 0 saturated heterocycles. The minimum Gasteiger partial charge on any atom is -0.384 e. The monoisotopic (exact) mass is 232 g/mol. The highest BCUT2D eigenvalue weighted by atomic mass is 32.2. The molecule has 0 rings (SSSR count). The van der Waals surface area contributed by atoms with Gasteiger partial charge in [-0.15, -0.1) is 0 Å². The zero-order valence-electron chi connectivity index (χ0n) is 10.5. The molecule has 0 aromatic heterocycles. The predicted molar refractivity (Wildman–Crippen MR) is 67.3 cm³/mol. The lowest BCUT2D eigenvalue weighted by molar-refractivity contribution is -0.118. The number of carbonyl (C=O) groups is 1. The zero-order valence-corrected chi connectivity index (χ0v) is 11.3. The summed E-state index contributed by atoms with van der Waals surface area (Å²) in [5, 5.41) is 0.302. The Kier molecular flexibility index (Phi) is 8.16. The number of unbranched alkanes of at least 4 members (excludes halogenated alkanes) is 2. The SMILES string of the molecule is CCCCCC(C)(C)C(=O)SCCOC. The molecule has 15 heavy (non-hydrogen) atoms. The van der Waals surface area contributed by atoms with Gasteiger partial charge in [-0.1, -0.05) is 51.8 Å². The Labute approximate surface area is 98.2 Å². The molecule has 0 spiro atoms. The maximum atomic E-state index is 11.8. The number of thioether (sulfide) groups is 1. The molecule has 0 aromatic carbocycles. The normalized spacial score (nSPS) is 11.7. The van der Waals surface area contributed by atoms with E-state index in [1.54, 1.807) is 7.11 Å².